The van der Waals surface area contributed by atoms with Crippen LogP contribution in [0.3, 0.4) is 0 Å². The van der Waals surface area contributed by atoms with Crippen LogP contribution < -0.4 is 9.21 Å². The second-order valence-corrected chi connectivity index (χ2v) is 10.9. The Bertz CT molecular complexity index is 1220. The lowest BCUT2D eigenvalue weighted by molar-refractivity contribution is -0.136. The van der Waals surface area contributed by atoms with E-state index in [2.05, 4.69) is 0 Å². The van der Waals surface area contributed by atoms with Crippen LogP contribution in [0.4, 0.5) is 11.4 Å². The summed E-state index contributed by atoms with van der Waals surface area (Å²) in [5.41, 5.74) is 3.34. The summed E-state index contributed by atoms with van der Waals surface area (Å²) in [6.45, 7) is 4.61. The van der Waals surface area contributed by atoms with Crippen molar-refractivity contribution in [2.75, 3.05) is 42.1 Å². The van der Waals surface area contributed by atoms with Crippen LogP contribution in [0.5, 0.6) is 0 Å². The lowest BCUT2D eigenvalue weighted by Crippen LogP contribution is -2.41. The second-order valence-electron chi connectivity index (χ2n) is 9.06. The van der Waals surface area contributed by atoms with Crippen molar-refractivity contribution in [2.45, 2.75) is 43.5 Å². The molecule has 1 fully saturated rings. The number of rotatable bonds is 5. The standard InChI is InChI=1S/C25H29N3O5S/c1-18-16-19-4-2-3-5-23(19)28(18)34(31,32)21-6-7-22-20(17-21)10-11-27(22)25(30)9-8-24(29)26-12-14-33-15-13-26/h2-7,17-18H,8-16H2,1H3. The SMILES string of the molecule is CC1Cc2ccccc2N1S(=O)(=O)c1ccc2c(c1)CCN2C(=O)CCC(=O)N1CCOCC1. The highest BCUT2D eigenvalue weighted by atomic mass is 32.2. The Morgan fingerprint density at radius 1 is 0.941 bits per heavy atom. The zero-order chi connectivity index (χ0) is 23.9. The van der Waals surface area contributed by atoms with Gasteiger partial charge in [-0.1, -0.05) is 18.2 Å². The number of anilines is 2. The number of ether oxygens (including phenoxy) is 1. The number of para-hydroxylation sites is 1. The van der Waals surface area contributed by atoms with Crippen LogP contribution in [0.25, 0.3) is 0 Å². The maximum atomic E-state index is 13.5. The van der Waals surface area contributed by atoms with Gasteiger partial charge < -0.3 is 14.5 Å². The molecule has 0 bridgehead atoms. The molecule has 0 aromatic heterocycles. The first-order chi connectivity index (χ1) is 16.4. The Labute approximate surface area is 200 Å². The van der Waals surface area contributed by atoms with E-state index < -0.39 is 10.0 Å². The van der Waals surface area contributed by atoms with Gasteiger partial charge in [-0.2, -0.15) is 0 Å². The minimum absolute atomic E-state index is 0.0301. The van der Waals surface area contributed by atoms with Crippen molar-refractivity contribution in [3.63, 3.8) is 0 Å². The van der Waals surface area contributed by atoms with Crippen molar-refractivity contribution < 1.29 is 22.7 Å². The van der Waals surface area contributed by atoms with Crippen molar-refractivity contribution >= 4 is 33.2 Å². The van der Waals surface area contributed by atoms with E-state index in [1.54, 1.807) is 28.0 Å². The minimum atomic E-state index is -3.73. The van der Waals surface area contributed by atoms with E-state index in [0.717, 1.165) is 22.5 Å². The molecule has 3 aliphatic rings. The number of morpholine rings is 1. The smallest absolute Gasteiger partial charge is 0.264 e. The Morgan fingerprint density at radius 2 is 1.68 bits per heavy atom. The zero-order valence-electron chi connectivity index (χ0n) is 19.3. The average molecular weight is 484 g/mol. The number of sulfonamides is 1. The first-order valence-corrected chi connectivity index (χ1v) is 13.2. The molecule has 5 rings (SSSR count). The number of nitrogens with zero attached hydrogens (tertiary/aromatic N) is 3. The van der Waals surface area contributed by atoms with E-state index in [9.17, 15) is 18.0 Å². The fourth-order valence-electron chi connectivity index (χ4n) is 5.13. The van der Waals surface area contributed by atoms with Crippen LogP contribution >= 0.6 is 0 Å². The van der Waals surface area contributed by atoms with Gasteiger partial charge in [-0.15, -0.1) is 0 Å². The summed E-state index contributed by atoms with van der Waals surface area (Å²) in [6, 6.07) is 12.5. The zero-order valence-corrected chi connectivity index (χ0v) is 20.1. The molecule has 1 unspecified atom stereocenters. The van der Waals surface area contributed by atoms with Gasteiger partial charge in [0.2, 0.25) is 11.8 Å². The quantitative estimate of drug-likeness (QED) is 0.652. The summed E-state index contributed by atoms with van der Waals surface area (Å²) >= 11 is 0. The molecule has 0 aliphatic carbocycles. The van der Waals surface area contributed by atoms with E-state index in [-0.39, 0.29) is 35.6 Å². The normalized spacial score (nSPS) is 19.8. The predicted octanol–water partition coefficient (Wildman–Crippen LogP) is 2.35. The monoisotopic (exact) mass is 483 g/mol. The third kappa shape index (κ3) is 4.07. The maximum Gasteiger partial charge on any atom is 0.264 e. The summed E-state index contributed by atoms with van der Waals surface area (Å²) in [6.07, 6.45) is 1.58. The van der Waals surface area contributed by atoms with Crippen LogP contribution in [0.15, 0.2) is 47.4 Å². The van der Waals surface area contributed by atoms with Gasteiger partial charge >= 0.3 is 0 Å². The van der Waals surface area contributed by atoms with Gasteiger partial charge in [-0.05, 0) is 55.2 Å². The van der Waals surface area contributed by atoms with Crippen molar-refractivity contribution in [1.29, 1.82) is 0 Å². The molecule has 0 N–H and O–H groups in total. The summed E-state index contributed by atoms with van der Waals surface area (Å²) in [5, 5.41) is 0. The molecule has 9 heteroatoms. The van der Waals surface area contributed by atoms with Crippen molar-refractivity contribution in [3.05, 3.63) is 53.6 Å². The molecule has 2 aromatic rings. The molecule has 3 heterocycles. The summed E-state index contributed by atoms with van der Waals surface area (Å²) in [7, 11) is -3.73. The van der Waals surface area contributed by atoms with Crippen LogP contribution in [-0.2, 0) is 37.2 Å². The highest BCUT2D eigenvalue weighted by Gasteiger charge is 2.37. The molecule has 180 valence electrons. The molecule has 2 aromatic carbocycles. The fraction of sp³-hybridized carbons (Fsp3) is 0.440. The number of hydrogen-bond donors (Lipinski definition) is 0. The van der Waals surface area contributed by atoms with Crippen molar-refractivity contribution in [3.8, 4) is 0 Å². The molecule has 34 heavy (non-hydrogen) atoms. The van der Waals surface area contributed by atoms with Gasteiger partial charge in [-0.3, -0.25) is 13.9 Å². The molecule has 2 amide bonds. The number of amides is 2. The Morgan fingerprint density at radius 3 is 2.47 bits per heavy atom. The number of hydrogen-bond acceptors (Lipinski definition) is 5. The number of benzene rings is 2. The van der Waals surface area contributed by atoms with Gasteiger partial charge in [0.25, 0.3) is 10.0 Å². The molecule has 0 saturated carbocycles. The third-order valence-electron chi connectivity index (χ3n) is 6.87. The molecule has 0 spiro atoms. The molecular weight excluding hydrogens is 454 g/mol. The van der Waals surface area contributed by atoms with Crippen LogP contribution in [0.2, 0.25) is 0 Å². The van der Waals surface area contributed by atoms with E-state index >= 15 is 0 Å². The van der Waals surface area contributed by atoms with Gasteiger partial charge in [0, 0.05) is 44.2 Å². The van der Waals surface area contributed by atoms with E-state index in [0.29, 0.717) is 45.7 Å². The number of carbonyl (C=O) groups is 2. The van der Waals surface area contributed by atoms with E-state index in [1.165, 1.54) is 4.31 Å². The molecule has 3 aliphatic heterocycles. The fourth-order valence-corrected chi connectivity index (χ4v) is 6.88. The van der Waals surface area contributed by atoms with Crippen molar-refractivity contribution in [2.24, 2.45) is 0 Å². The lowest BCUT2D eigenvalue weighted by atomic mass is 10.1. The molecular formula is C25H29N3O5S. The molecule has 8 nitrogen and oxygen atoms in total. The second kappa shape index (κ2) is 9.03. The Balaban J connectivity index is 1.30. The largest absolute Gasteiger partial charge is 0.378 e. The number of fused-ring (bicyclic) bond motifs is 2. The summed E-state index contributed by atoms with van der Waals surface area (Å²) in [4.78, 5) is 28.9. The van der Waals surface area contributed by atoms with Crippen LogP contribution in [-0.4, -0.2) is 64.0 Å². The van der Waals surface area contributed by atoms with E-state index in [4.69, 9.17) is 4.74 Å². The van der Waals surface area contributed by atoms with Gasteiger partial charge in [0.05, 0.1) is 23.8 Å². The van der Waals surface area contributed by atoms with Crippen LogP contribution in [0, 0.1) is 0 Å². The van der Waals surface area contributed by atoms with Gasteiger partial charge in [0.1, 0.15) is 0 Å². The van der Waals surface area contributed by atoms with Gasteiger partial charge in [0.15, 0.2) is 0 Å². The summed E-state index contributed by atoms with van der Waals surface area (Å²) < 4.78 is 33.9. The minimum Gasteiger partial charge on any atom is -0.378 e. The summed E-state index contributed by atoms with van der Waals surface area (Å²) in [5.74, 6) is -0.143. The molecule has 1 saturated heterocycles. The maximum absolute atomic E-state index is 13.5. The highest BCUT2D eigenvalue weighted by molar-refractivity contribution is 7.92. The molecule has 1 atom stereocenters. The number of carbonyl (C=O) groups excluding carboxylic acids is 2. The first kappa shape index (κ1) is 22.9. The first-order valence-electron chi connectivity index (χ1n) is 11.8. The average Bonchev–Trinajstić information content (AvgIpc) is 3.42. The third-order valence-corrected chi connectivity index (χ3v) is 8.79. The lowest BCUT2D eigenvalue weighted by Gasteiger charge is -2.27. The molecule has 0 radical (unpaired) electrons. The van der Waals surface area contributed by atoms with Crippen molar-refractivity contribution in [1.82, 2.24) is 4.90 Å². The van der Waals surface area contributed by atoms with E-state index in [1.807, 2.05) is 31.2 Å². The van der Waals surface area contributed by atoms with Crippen LogP contribution in [0.1, 0.15) is 30.9 Å². The topological polar surface area (TPSA) is 87.2 Å². The predicted molar refractivity (Wildman–Crippen MR) is 128 cm³/mol. The Kier molecular flexibility index (Phi) is 6.07. The Hall–Kier alpha value is -2.91. The highest BCUT2D eigenvalue weighted by Crippen LogP contribution is 2.38. The van der Waals surface area contributed by atoms with Gasteiger partial charge in [-0.25, -0.2) is 8.42 Å².